The van der Waals surface area contributed by atoms with E-state index in [0.29, 0.717) is 24.5 Å². The molecule has 1 fully saturated rings. The number of nitrogens with two attached hydrogens (primary N) is 1. The van der Waals surface area contributed by atoms with Gasteiger partial charge in [-0.05, 0) is 31.6 Å². The molecule has 0 aromatic rings. The molecule has 5 heteroatoms. The molecule has 17 heavy (non-hydrogen) atoms. The fourth-order valence-corrected chi connectivity index (χ4v) is 1.69. The second-order valence-corrected chi connectivity index (χ2v) is 4.57. The molecule has 0 aliphatic heterocycles. The van der Waals surface area contributed by atoms with Crippen molar-refractivity contribution < 1.29 is 9.47 Å². The number of methoxy groups -OCH3 is 1. The molecule has 0 bridgehead atoms. The van der Waals surface area contributed by atoms with Crippen LogP contribution in [0.1, 0.15) is 26.2 Å². The average Bonchev–Trinajstić information content (AvgIpc) is 3.08. The predicted octanol–water partition coefficient (Wildman–Crippen LogP) is 0.744. The molecule has 0 saturated heterocycles. The average molecular weight is 243 g/mol. The van der Waals surface area contributed by atoms with E-state index in [0.717, 1.165) is 26.2 Å². The number of hydrogen-bond acceptors (Lipinski definition) is 3. The van der Waals surface area contributed by atoms with Crippen LogP contribution >= 0.6 is 0 Å². The highest BCUT2D eigenvalue weighted by atomic mass is 16.5. The Morgan fingerprint density at radius 2 is 2.18 bits per heavy atom. The van der Waals surface area contributed by atoms with Gasteiger partial charge in [-0.25, -0.2) is 0 Å². The second-order valence-electron chi connectivity index (χ2n) is 4.57. The van der Waals surface area contributed by atoms with Crippen LogP contribution in [0.15, 0.2) is 4.99 Å². The summed E-state index contributed by atoms with van der Waals surface area (Å²) in [7, 11) is 1.67. The van der Waals surface area contributed by atoms with E-state index in [1.165, 1.54) is 12.8 Å². The van der Waals surface area contributed by atoms with Crippen molar-refractivity contribution in [1.82, 2.24) is 5.32 Å². The molecule has 1 rings (SSSR count). The van der Waals surface area contributed by atoms with E-state index in [2.05, 4.69) is 10.3 Å². The van der Waals surface area contributed by atoms with Crippen molar-refractivity contribution in [2.24, 2.45) is 16.1 Å². The Kier molecular flexibility index (Phi) is 6.29. The van der Waals surface area contributed by atoms with Gasteiger partial charge in [-0.1, -0.05) is 0 Å². The zero-order chi connectivity index (χ0) is 12.6. The highest BCUT2D eigenvalue weighted by Gasteiger charge is 2.41. The first-order chi connectivity index (χ1) is 8.22. The summed E-state index contributed by atoms with van der Waals surface area (Å²) < 4.78 is 10.3. The highest BCUT2D eigenvalue weighted by molar-refractivity contribution is 5.77. The monoisotopic (exact) mass is 243 g/mol. The molecular formula is C12H25N3O2. The van der Waals surface area contributed by atoms with Gasteiger partial charge in [-0.2, -0.15) is 0 Å². The van der Waals surface area contributed by atoms with Crippen molar-refractivity contribution in [1.29, 1.82) is 0 Å². The molecule has 0 amide bonds. The van der Waals surface area contributed by atoms with Gasteiger partial charge in [-0.15, -0.1) is 0 Å². The van der Waals surface area contributed by atoms with Crippen LogP contribution in [0.25, 0.3) is 0 Å². The Balaban J connectivity index is 2.16. The van der Waals surface area contributed by atoms with Gasteiger partial charge < -0.3 is 20.5 Å². The molecule has 0 unspecified atom stereocenters. The van der Waals surface area contributed by atoms with E-state index in [1.54, 1.807) is 7.11 Å². The molecule has 0 heterocycles. The van der Waals surface area contributed by atoms with Gasteiger partial charge in [0.15, 0.2) is 5.96 Å². The molecule has 5 nitrogen and oxygen atoms in total. The van der Waals surface area contributed by atoms with Crippen LogP contribution in [0.3, 0.4) is 0 Å². The number of guanidine groups is 1. The zero-order valence-electron chi connectivity index (χ0n) is 11.0. The Morgan fingerprint density at radius 3 is 2.76 bits per heavy atom. The quantitative estimate of drug-likeness (QED) is 0.356. The zero-order valence-corrected chi connectivity index (χ0v) is 11.0. The van der Waals surface area contributed by atoms with E-state index in [1.807, 2.05) is 6.92 Å². The number of rotatable bonds is 9. The molecule has 0 spiro atoms. The fraction of sp³-hybridized carbons (Fsp3) is 0.917. The summed E-state index contributed by atoms with van der Waals surface area (Å²) in [5.41, 5.74) is 6.12. The predicted molar refractivity (Wildman–Crippen MR) is 69.1 cm³/mol. The highest BCUT2D eigenvalue weighted by Crippen LogP contribution is 2.48. The minimum atomic E-state index is 0.364. The topological polar surface area (TPSA) is 68.9 Å². The van der Waals surface area contributed by atoms with Crippen LogP contribution in [0.5, 0.6) is 0 Å². The smallest absolute Gasteiger partial charge is 0.188 e. The van der Waals surface area contributed by atoms with E-state index in [4.69, 9.17) is 15.2 Å². The van der Waals surface area contributed by atoms with Gasteiger partial charge in [0, 0.05) is 33.4 Å². The standard InChI is InChI=1S/C12H25N3O2/c1-3-17-8-6-12(4-5-12)10-15-11(13)14-7-9-16-2/h3-10H2,1-2H3,(H3,13,14,15). The van der Waals surface area contributed by atoms with Gasteiger partial charge in [0.05, 0.1) is 6.61 Å². The number of ether oxygens (including phenoxy) is 2. The number of nitrogens with one attached hydrogen (secondary N) is 1. The van der Waals surface area contributed by atoms with Crippen molar-refractivity contribution >= 4 is 5.96 Å². The van der Waals surface area contributed by atoms with Crippen molar-refractivity contribution in [2.45, 2.75) is 26.2 Å². The molecule has 0 atom stereocenters. The summed E-state index contributed by atoms with van der Waals surface area (Å²) in [6.45, 7) is 5.81. The molecule has 0 aromatic carbocycles. The summed E-state index contributed by atoms with van der Waals surface area (Å²) in [4.78, 5) is 4.38. The maximum atomic E-state index is 5.76. The first-order valence-electron chi connectivity index (χ1n) is 6.33. The fourth-order valence-electron chi connectivity index (χ4n) is 1.69. The maximum absolute atomic E-state index is 5.76. The van der Waals surface area contributed by atoms with E-state index in [9.17, 15) is 0 Å². The third-order valence-electron chi connectivity index (χ3n) is 3.14. The normalized spacial score (nSPS) is 18.1. The Morgan fingerprint density at radius 1 is 1.41 bits per heavy atom. The minimum absolute atomic E-state index is 0.364. The van der Waals surface area contributed by atoms with Gasteiger partial charge in [0.25, 0.3) is 0 Å². The third kappa shape index (κ3) is 5.89. The van der Waals surface area contributed by atoms with Crippen LogP contribution in [0, 0.1) is 5.41 Å². The Labute approximate surface area is 104 Å². The Bertz CT molecular complexity index is 240. The van der Waals surface area contributed by atoms with Crippen LogP contribution in [0.4, 0.5) is 0 Å². The van der Waals surface area contributed by atoms with Crippen LogP contribution in [0.2, 0.25) is 0 Å². The molecule has 3 N–H and O–H groups in total. The number of nitrogens with zero attached hydrogens (tertiary/aromatic N) is 1. The maximum Gasteiger partial charge on any atom is 0.188 e. The van der Waals surface area contributed by atoms with Gasteiger partial charge in [0.2, 0.25) is 0 Å². The SMILES string of the molecule is CCOCCC1(CN=C(N)NCCOC)CC1. The van der Waals surface area contributed by atoms with E-state index in [-0.39, 0.29) is 0 Å². The largest absolute Gasteiger partial charge is 0.383 e. The minimum Gasteiger partial charge on any atom is -0.383 e. The molecular weight excluding hydrogens is 218 g/mol. The van der Waals surface area contributed by atoms with Crippen molar-refractivity contribution in [3.63, 3.8) is 0 Å². The summed E-state index contributed by atoms with van der Waals surface area (Å²) in [6.07, 6.45) is 3.58. The van der Waals surface area contributed by atoms with E-state index < -0.39 is 0 Å². The Hall–Kier alpha value is -0.810. The lowest BCUT2D eigenvalue weighted by Crippen LogP contribution is -2.34. The second kappa shape index (κ2) is 7.50. The first kappa shape index (κ1) is 14.3. The third-order valence-corrected chi connectivity index (χ3v) is 3.14. The van der Waals surface area contributed by atoms with Crippen LogP contribution in [-0.4, -0.2) is 46.0 Å². The van der Waals surface area contributed by atoms with Gasteiger partial charge in [0.1, 0.15) is 0 Å². The van der Waals surface area contributed by atoms with E-state index >= 15 is 0 Å². The lowest BCUT2D eigenvalue weighted by Gasteiger charge is -2.13. The van der Waals surface area contributed by atoms with Crippen LogP contribution < -0.4 is 11.1 Å². The molecule has 1 aliphatic rings. The number of aliphatic imine (C=N–C) groups is 1. The van der Waals surface area contributed by atoms with Gasteiger partial charge in [-0.3, -0.25) is 4.99 Å². The first-order valence-corrected chi connectivity index (χ1v) is 6.33. The summed E-state index contributed by atoms with van der Waals surface area (Å²) in [5, 5.41) is 3.02. The summed E-state index contributed by atoms with van der Waals surface area (Å²) in [5.74, 6) is 0.518. The van der Waals surface area contributed by atoms with Gasteiger partial charge >= 0.3 is 0 Å². The number of hydrogen-bond donors (Lipinski definition) is 2. The lowest BCUT2D eigenvalue weighted by molar-refractivity contribution is 0.129. The molecule has 1 saturated carbocycles. The van der Waals surface area contributed by atoms with Crippen molar-refractivity contribution in [2.75, 3.05) is 40.0 Å². The lowest BCUT2D eigenvalue weighted by atomic mass is 10.0. The molecule has 0 aromatic heterocycles. The van der Waals surface area contributed by atoms with Crippen molar-refractivity contribution in [3.05, 3.63) is 0 Å². The summed E-state index contributed by atoms with van der Waals surface area (Å²) in [6, 6.07) is 0. The van der Waals surface area contributed by atoms with Crippen molar-refractivity contribution in [3.8, 4) is 0 Å². The summed E-state index contributed by atoms with van der Waals surface area (Å²) >= 11 is 0. The van der Waals surface area contributed by atoms with Crippen LogP contribution in [-0.2, 0) is 9.47 Å². The molecule has 100 valence electrons. The molecule has 1 aliphatic carbocycles. The molecule has 0 radical (unpaired) electrons.